The maximum absolute atomic E-state index is 13.6. The summed E-state index contributed by atoms with van der Waals surface area (Å²) in [5.41, 5.74) is 0.170. The summed E-state index contributed by atoms with van der Waals surface area (Å²) < 4.78 is 13.6. The summed E-state index contributed by atoms with van der Waals surface area (Å²) in [5, 5.41) is 3.01. The third-order valence-electron chi connectivity index (χ3n) is 2.82. The topological polar surface area (TPSA) is 49.4 Å². The van der Waals surface area contributed by atoms with Gasteiger partial charge in [0.15, 0.2) is 0 Å². The lowest BCUT2D eigenvalue weighted by atomic mass is 10.2. The van der Waals surface area contributed by atoms with Crippen molar-refractivity contribution >= 4 is 29.1 Å². The van der Waals surface area contributed by atoms with Gasteiger partial charge in [0.1, 0.15) is 11.9 Å². The van der Waals surface area contributed by atoms with E-state index < -0.39 is 11.9 Å². The first kappa shape index (κ1) is 12.8. The van der Waals surface area contributed by atoms with E-state index in [4.69, 9.17) is 11.6 Å². The molecular formula is C12H12ClFN2O2. The van der Waals surface area contributed by atoms with Gasteiger partial charge >= 0.3 is 0 Å². The van der Waals surface area contributed by atoms with Crippen LogP contribution < -0.4 is 5.32 Å². The number of anilines is 1. The summed E-state index contributed by atoms with van der Waals surface area (Å²) in [6.07, 6.45) is 0.0503. The molecule has 0 saturated carbocycles. The van der Waals surface area contributed by atoms with E-state index in [9.17, 15) is 14.0 Å². The monoisotopic (exact) mass is 270 g/mol. The maximum atomic E-state index is 13.6. The Morgan fingerprint density at radius 1 is 1.50 bits per heavy atom. The van der Waals surface area contributed by atoms with Crippen LogP contribution in [0.5, 0.6) is 0 Å². The van der Waals surface area contributed by atoms with Gasteiger partial charge in [-0.3, -0.25) is 14.5 Å². The highest BCUT2D eigenvalue weighted by atomic mass is 35.5. The van der Waals surface area contributed by atoms with E-state index in [0.717, 1.165) is 11.0 Å². The van der Waals surface area contributed by atoms with Crippen molar-refractivity contribution in [3.8, 4) is 0 Å². The normalized spacial score (nSPS) is 19.5. The third kappa shape index (κ3) is 2.31. The van der Waals surface area contributed by atoms with Crippen molar-refractivity contribution in [3.63, 3.8) is 0 Å². The van der Waals surface area contributed by atoms with Crippen LogP contribution in [0, 0.1) is 5.82 Å². The number of nitrogens with one attached hydrogen (secondary N) is 1. The number of hydrogen-bond acceptors (Lipinski definition) is 3. The standard InChI is InChI=1S/C12H12ClFN2O2/c1-2-16-11(17)6-10(12(16)18)15-9-4-3-7(13)5-8(9)14/h3-5,10,15H,2,6H2,1H3. The summed E-state index contributed by atoms with van der Waals surface area (Å²) in [6.45, 7) is 2.06. The average molecular weight is 271 g/mol. The number of nitrogens with zero attached hydrogens (tertiary/aromatic N) is 1. The molecule has 1 unspecified atom stereocenters. The number of hydrogen-bond donors (Lipinski definition) is 1. The average Bonchev–Trinajstić information content (AvgIpc) is 2.58. The molecule has 1 saturated heterocycles. The number of likely N-dealkylation sites (tertiary alicyclic amines) is 1. The quantitative estimate of drug-likeness (QED) is 0.855. The Balaban J connectivity index is 2.15. The first-order chi connectivity index (χ1) is 8.52. The zero-order valence-corrected chi connectivity index (χ0v) is 10.5. The van der Waals surface area contributed by atoms with E-state index in [0.29, 0.717) is 6.54 Å². The van der Waals surface area contributed by atoms with Crippen LogP contribution in [0.1, 0.15) is 13.3 Å². The van der Waals surface area contributed by atoms with Crippen molar-refractivity contribution in [2.45, 2.75) is 19.4 Å². The molecule has 2 rings (SSSR count). The molecule has 1 aromatic rings. The van der Waals surface area contributed by atoms with Crippen molar-refractivity contribution in [3.05, 3.63) is 29.0 Å². The highest BCUT2D eigenvalue weighted by Gasteiger charge is 2.37. The van der Waals surface area contributed by atoms with E-state index in [1.165, 1.54) is 12.1 Å². The minimum atomic E-state index is -0.701. The molecule has 1 aromatic carbocycles. The van der Waals surface area contributed by atoms with Gasteiger partial charge in [0.2, 0.25) is 5.91 Å². The summed E-state index contributed by atoms with van der Waals surface area (Å²) in [5.74, 6) is -1.11. The second-order valence-corrected chi connectivity index (χ2v) is 4.44. The molecule has 0 radical (unpaired) electrons. The van der Waals surface area contributed by atoms with Crippen LogP contribution in [-0.2, 0) is 9.59 Å². The Hall–Kier alpha value is -1.62. The highest BCUT2D eigenvalue weighted by Crippen LogP contribution is 2.23. The summed E-state index contributed by atoms with van der Waals surface area (Å²) >= 11 is 5.63. The fourth-order valence-corrected chi connectivity index (χ4v) is 2.08. The summed E-state index contributed by atoms with van der Waals surface area (Å²) in [6, 6.07) is 3.42. The molecule has 4 nitrogen and oxygen atoms in total. The molecule has 6 heteroatoms. The molecule has 0 bridgehead atoms. The van der Waals surface area contributed by atoms with Crippen LogP contribution >= 0.6 is 11.6 Å². The number of rotatable bonds is 3. The number of halogens is 2. The predicted octanol–water partition coefficient (Wildman–Crippen LogP) is 2.04. The molecule has 96 valence electrons. The third-order valence-corrected chi connectivity index (χ3v) is 3.06. The lowest BCUT2D eigenvalue weighted by Gasteiger charge is -2.14. The number of carbonyl (C=O) groups excluding carboxylic acids is 2. The van der Waals surface area contributed by atoms with Crippen LogP contribution in [0.4, 0.5) is 10.1 Å². The van der Waals surface area contributed by atoms with E-state index in [1.54, 1.807) is 6.92 Å². The molecule has 1 atom stereocenters. The van der Waals surface area contributed by atoms with Gasteiger partial charge in [-0.15, -0.1) is 0 Å². The molecule has 2 amide bonds. The van der Waals surface area contributed by atoms with Crippen LogP contribution in [-0.4, -0.2) is 29.3 Å². The first-order valence-electron chi connectivity index (χ1n) is 5.58. The van der Waals surface area contributed by atoms with Crippen LogP contribution in [0.3, 0.4) is 0 Å². The van der Waals surface area contributed by atoms with Gasteiger partial charge in [0, 0.05) is 11.6 Å². The van der Waals surface area contributed by atoms with Gasteiger partial charge in [0.25, 0.3) is 5.91 Å². The second kappa shape index (κ2) is 4.94. The maximum Gasteiger partial charge on any atom is 0.252 e. The van der Waals surface area contributed by atoms with Crippen molar-refractivity contribution < 1.29 is 14.0 Å². The van der Waals surface area contributed by atoms with Crippen molar-refractivity contribution in [2.24, 2.45) is 0 Å². The fraction of sp³-hybridized carbons (Fsp3) is 0.333. The largest absolute Gasteiger partial charge is 0.371 e. The summed E-state index contributed by atoms with van der Waals surface area (Å²) in [4.78, 5) is 24.5. The Bertz CT molecular complexity index is 507. The van der Waals surface area contributed by atoms with Crippen molar-refractivity contribution in [1.82, 2.24) is 4.90 Å². The molecule has 0 spiro atoms. The number of benzene rings is 1. The van der Waals surface area contributed by atoms with E-state index in [2.05, 4.69) is 5.32 Å². The Morgan fingerprint density at radius 2 is 2.22 bits per heavy atom. The molecule has 1 aliphatic heterocycles. The molecule has 1 fully saturated rings. The number of amides is 2. The Kier molecular flexibility index (Phi) is 3.52. The number of likely N-dealkylation sites (N-methyl/N-ethyl adjacent to an activating group) is 1. The number of imide groups is 1. The molecule has 18 heavy (non-hydrogen) atoms. The van der Waals surface area contributed by atoms with Gasteiger partial charge < -0.3 is 5.32 Å². The Labute approximate surface area is 109 Å². The highest BCUT2D eigenvalue weighted by molar-refractivity contribution is 6.30. The molecule has 0 aliphatic carbocycles. The van der Waals surface area contributed by atoms with Gasteiger partial charge in [0.05, 0.1) is 12.1 Å². The molecule has 1 aliphatic rings. The van der Waals surface area contributed by atoms with Crippen molar-refractivity contribution in [1.29, 1.82) is 0 Å². The lowest BCUT2D eigenvalue weighted by Crippen LogP contribution is -2.34. The lowest BCUT2D eigenvalue weighted by molar-refractivity contribution is -0.138. The predicted molar refractivity (Wildman–Crippen MR) is 65.8 cm³/mol. The molecule has 0 aromatic heterocycles. The minimum Gasteiger partial charge on any atom is -0.371 e. The molecule has 1 N–H and O–H groups in total. The van der Waals surface area contributed by atoms with Gasteiger partial charge in [-0.25, -0.2) is 4.39 Å². The van der Waals surface area contributed by atoms with E-state index in [1.807, 2.05) is 0 Å². The van der Waals surface area contributed by atoms with Crippen LogP contribution in [0.25, 0.3) is 0 Å². The Morgan fingerprint density at radius 3 is 2.78 bits per heavy atom. The van der Waals surface area contributed by atoms with Crippen LogP contribution in [0.2, 0.25) is 5.02 Å². The number of carbonyl (C=O) groups is 2. The van der Waals surface area contributed by atoms with Gasteiger partial charge in [-0.1, -0.05) is 11.6 Å². The minimum absolute atomic E-state index is 0.0503. The first-order valence-corrected chi connectivity index (χ1v) is 5.96. The SMILES string of the molecule is CCN1C(=O)CC(Nc2ccc(Cl)cc2F)C1=O. The van der Waals surface area contributed by atoms with E-state index >= 15 is 0 Å². The fourth-order valence-electron chi connectivity index (χ4n) is 1.92. The van der Waals surface area contributed by atoms with Gasteiger partial charge in [-0.2, -0.15) is 0 Å². The van der Waals surface area contributed by atoms with E-state index in [-0.39, 0.29) is 28.9 Å². The van der Waals surface area contributed by atoms with Crippen molar-refractivity contribution in [2.75, 3.05) is 11.9 Å². The van der Waals surface area contributed by atoms with Gasteiger partial charge in [-0.05, 0) is 25.1 Å². The molecular weight excluding hydrogens is 259 g/mol. The van der Waals surface area contributed by atoms with Crippen LogP contribution in [0.15, 0.2) is 18.2 Å². The second-order valence-electron chi connectivity index (χ2n) is 4.00. The molecule has 1 heterocycles. The zero-order valence-electron chi connectivity index (χ0n) is 9.74. The summed E-state index contributed by atoms with van der Waals surface area (Å²) in [7, 11) is 0. The zero-order chi connectivity index (χ0) is 13.3. The smallest absolute Gasteiger partial charge is 0.252 e.